The summed E-state index contributed by atoms with van der Waals surface area (Å²) in [5, 5.41) is 0. The highest BCUT2D eigenvalue weighted by Crippen LogP contribution is 2.15. The lowest BCUT2D eigenvalue weighted by Gasteiger charge is -2.30. The van der Waals surface area contributed by atoms with Crippen molar-refractivity contribution in [1.29, 1.82) is 0 Å². The zero-order valence-corrected chi connectivity index (χ0v) is 13.9. The number of benzene rings is 1. The molecule has 22 heavy (non-hydrogen) atoms. The number of hydrogen-bond donors (Lipinski definition) is 1. The largest absolute Gasteiger partial charge is 0.303 e. The summed E-state index contributed by atoms with van der Waals surface area (Å²) in [4.78, 5) is 2.40. The highest BCUT2D eigenvalue weighted by atomic mass is 32.2. The van der Waals surface area contributed by atoms with E-state index >= 15 is 0 Å². The van der Waals surface area contributed by atoms with E-state index in [0.29, 0.717) is 12.1 Å². The highest BCUT2D eigenvalue weighted by molar-refractivity contribution is 7.88. The molecule has 0 amide bonds. The number of rotatable bonds is 7. The number of nitrogens with zero attached hydrogens (tertiary/aromatic N) is 1. The van der Waals surface area contributed by atoms with Crippen molar-refractivity contribution < 1.29 is 12.8 Å². The average Bonchev–Trinajstić information content (AvgIpc) is 2.48. The van der Waals surface area contributed by atoms with Crippen molar-refractivity contribution >= 4 is 10.0 Å². The van der Waals surface area contributed by atoms with Gasteiger partial charge in [-0.15, -0.1) is 0 Å². The van der Waals surface area contributed by atoms with E-state index in [0.717, 1.165) is 32.0 Å². The molecule has 124 valence electrons. The smallest absolute Gasteiger partial charge is 0.215 e. The van der Waals surface area contributed by atoms with Crippen LogP contribution in [-0.2, 0) is 15.8 Å². The third-order valence-electron chi connectivity index (χ3n) is 4.12. The molecular formula is C16H25FN2O2S. The second-order valence-electron chi connectivity index (χ2n) is 6.16. The van der Waals surface area contributed by atoms with Crippen LogP contribution in [0.15, 0.2) is 24.3 Å². The third-order valence-corrected chi connectivity index (χ3v) is 5.48. The van der Waals surface area contributed by atoms with Crippen molar-refractivity contribution in [3.63, 3.8) is 0 Å². The maximum atomic E-state index is 12.8. The van der Waals surface area contributed by atoms with E-state index in [1.807, 2.05) is 0 Å². The van der Waals surface area contributed by atoms with E-state index in [9.17, 15) is 12.8 Å². The van der Waals surface area contributed by atoms with Crippen LogP contribution in [0.25, 0.3) is 0 Å². The number of nitrogens with one attached hydrogen (secondary N) is 1. The molecule has 0 spiro atoms. The summed E-state index contributed by atoms with van der Waals surface area (Å²) in [7, 11) is -3.35. The van der Waals surface area contributed by atoms with E-state index in [2.05, 4.69) is 16.5 Å². The van der Waals surface area contributed by atoms with E-state index in [-0.39, 0.29) is 11.6 Å². The Morgan fingerprint density at radius 1 is 1.23 bits per heavy atom. The first kappa shape index (κ1) is 17.4. The van der Waals surface area contributed by atoms with Gasteiger partial charge in [-0.1, -0.05) is 19.1 Å². The van der Waals surface area contributed by atoms with Gasteiger partial charge >= 0.3 is 0 Å². The minimum absolute atomic E-state index is 0.103. The lowest BCUT2D eigenvalue weighted by atomic mass is 9.99. The summed E-state index contributed by atoms with van der Waals surface area (Å²) in [6.07, 6.45) is 3.28. The van der Waals surface area contributed by atoms with Crippen molar-refractivity contribution in [1.82, 2.24) is 9.62 Å². The molecule has 2 rings (SSSR count). The summed E-state index contributed by atoms with van der Waals surface area (Å²) < 4.78 is 39.3. The first-order valence-corrected chi connectivity index (χ1v) is 9.54. The molecule has 0 unspecified atom stereocenters. The maximum Gasteiger partial charge on any atom is 0.215 e. The van der Waals surface area contributed by atoms with Gasteiger partial charge in [0.1, 0.15) is 5.82 Å². The Morgan fingerprint density at radius 3 is 2.50 bits per heavy atom. The Bertz CT molecular complexity index is 552. The summed E-state index contributed by atoms with van der Waals surface area (Å²) in [6, 6.07) is 5.57. The fraction of sp³-hybridized carbons (Fsp3) is 0.625. The number of likely N-dealkylation sites (tertiary alicyclic amines) is 1. The summed E-state index contributed by atoms with van der Waals surface area (Å²) in [5.74, 6) is 0.351. The van der Waals surface area contributed by atoms with Crippen molar-refractivity contribution in [2.45, 2.75) is 31.9 Å². The molecule has 6 heteroatoms. The molecule has 0 aliphatic carbocycles. The lowest BCUT2D eigenvalue weighted by molar-refractivity contribution is 0.191. The lowest BCUT2D eigenvalue weighted by Crippen LogP contribution is -2.35. The monoisotopic (exact) mass is 328 g/mol. The molecule has 0 saturated carbocycles. The predicted molar refractivity (Wildman–Crippen MR) is 86.5 cm³/mol. The molecule has 4 nitrogen and oxygen atoms in total. The Kier molecular flexibility index (Phi) is 6.35. The van der Waals surface area contributed by atoms with E-state index < -0.39 is 10.0 Å². The van der Waals surface area contributed by atoms with Crippen LogP contribution in [0.3, 0.4) is 0 Å². The van der Waals surface area contributed by atoms with Crippen molar-refractivity contribution in [2.24, 2.45) is 5.92 Å². The van der Waals surface area contributed by atoms with Crippen LogP contribution in [0.4, 0.5) is 4.39 Å². The molecule has 1 heterocycles. The van der Waals surface area contributed by atoms with Crippen LogP contribution >= 0.6 is 0 Å². The molecule has 1 saturated heterocycles. The van der Waals surface area contributed by atoms with Crippen LogP contribution < -0.4 is 4.72 Å². The van der Waals surface area contributed by atoms with Crippen LogP contribution in [-0.4, -0.2) is 39.5 Å². The van der Waals surface area contributed by atoms with Crippen molar-refractivity contribution in [2.75, 3.05) is 26.2 Å². The molecule has 1 aromatic carbocycles. The van der Waals surface area contributed by atoms with Gasteiger partial charge in [-0.05, 0) is 62.5 Å². The quantitative estimate of drug-likeness (QED) is 0.782. The Morgan fingerprint density at radius 2 is 1.86 bits per heavy atom. The molecule has 1 N–H and O–H groups in total. The normalized spacial score (nSPS) is 17.7. The second-order valence-corrected chi connectivity index (χ2v) is 7.96. The fourth-order valence-corrected chi connectivity index (χ4v) is 3.86. The van der Waals surface area contributed by atoms with Crippen LogP contribution in [0.1, 0.15) is 31.7 Å². The Labute approximate surface area is 132 Å². The zero-order chi connectivity index (χ0) is 16.0. The predicted octanol–water partition coefficient (Wildman–Crippen LogP) is 2.37. The molecular weight excluding hydrogens is 303 g/mol. The first-order chi connectivity index (χ1) is 10.4. The van der Waals surface area contributed by atoms with Gasteiger partial charge in [0, 0.05) is 6.54 Å². The SMILES string of the molecule is CC1CCN(CCCNS(=O)(=O)Cc2ccc(F)cc2)CC1. The van der Waals surface area contributed by atoms with Gasteiger partial charge in [-0.25, -0.2) is 17.5 Å². The minimum atomic E-state index is -3.35. The summed E-state index contributed by atoms with van der Waals surface area (Å²) in [5.41, 5.74) is 0.596. The molecule has 0 aromatic heterocycles. The van der Waals surface area contributed by atoms with E-state index in [4.69, 9.17) is 0 Å². The second kappa shape index (κ2) is 8.04. The van der Waals surface area contributed by atoms with Gasteiger partial charge in [0.25, 0.3) is 0 Å². The van der Waals surface area contributed by atoms with Gasteiger partial charge < -0.3 is 4.90 Å². The van der Waals surface area contributed by atoms with Crippen LogP contribution in [0.2, 0.25) is 0 Å². The summed E-state index contributed by atoms with van der Waals surface area (Å²) in [6.45, 7) is 5.90. The third kappa shape index (κ3) is 6.02. The average molecular weight is 328 g/mol. The van der Waals surface area contributed by atoms with Gasteiger partial charge in [0.2, 0.25) is 10.0 Å². The van der Waals surface area contributed by atoms with Gasteiger partial charge in [0.05, 0.1) is 5.75 Å². The molecule has 1 aliphatic heterocycles. The van der Waals surface area contributed by atoms with E-state index in [1.165, 1.54) is 37.1 Å². The van der Waals surface area contributed by atoms with Crippen LogP contribution in [0, 0.1) is 11.7 Å². The maximum absolute atomic E-state index is 12.8. The molecule has 1 aromatic rings. The number of halogens is 1. The van der Waals surface area contributed by atoms with Gasteiger partial charge in [0.15, 0.2) is 0 Å². The highest BCUT2D eigenvalue weighted by Gasteiger charge is 2.15. The number of hydrogen-bond acceptors (Lipinski definition) is 3. The fourth-order valence-electron chi connectivity index (χ4n) is 2.67. The zero-order valence-electron chi connectivity index (χ0n) is 13.1. The Balaban J connectivity index is 1.68. The summed E-state index contributed by atoms with van der Waals surface area (Å²) >= 11 is 0. The van der Waals surface area contributed by atoms with Gasteiger partial charge in [-0.2, -0.15) is 0 Å². The van der Waals surface area contributed by atoms with E-state index in [1.54, 1.807) is 0 Å². The molecule has 1 fully saturated rings. The molecule has 0 bridgehead atoms. The number of sulfonamides is 1. The molecule has 0 radical (unpaired) electrons. The Hall–Kier alpha value is -0.980. The van der Waals surface area contributed by atoms with Crippen molar-refractivity contribution in [3.8, 4) is 0 Å². The van der Waals surface area contributed by atoms with Crippen molar-refractivity contribution in [3.05, 3.63) is 35.6 Å². The van der Waals surface area contributed by atoms with Gasteiger partial charge in [-0.3, -0.25) is 0 Å². The standard InChI is InChI=1S/C16H25FN2O2S/c1-14-7-11-19(12-8-14)10-2-9-18-22(20,21)13-15-3-5-16(17)6-4-15/h3-6,14,18H,2,7-13H2,1H3. The molecule has 0 atom stereocenters. The minimum Gasteiger partial charge on any atom is -0.303 e. The molecule has 1 aliphatic rings. The van der Waals surface area contributed by atoms with Crippen LogP contribution in [0.5, 0.6) is 0 Å². The number of piperidine rings is 1. The first-order valence-electron chi connectivity index (χ1n) is 7.89. The topological polar surface area (TPSA) is 49.4 Å².